The van der Waals surface area contributed by atoms with Gasteiger partial charge in [0.1, 0.15) is 5.70 Å². The third kappa shape index (κ3) is 3.35. The maximum Gasteiger partial charge on any atom is 0.158 e. The zero-order chi connectivity index (χ0) is 16.3. The van der Waals surface area contributed by atoms with Crippen LogP contribution in [0.15, 0.2) is 51.9 Å². The van der Waals surface area contributed by atoms with Crippen molar-refractivity contribution in [3.63, 3.8) is 0 Å². The number of rotatable bonds is 4. The number of hydrogen-bond donors (Lipinski definition) is 0. The largest absolute Gasteiger partial charge is 0.324 e. The molecule has 0 bridgehead atoms. The van der Waals surface area contributed by atoms with Crippen molar-refractivity contribution in [1.29, 1.82) is 0 Å². The standard InChI is InChI=1S/C19H25N3/c1-7-20-19(18(13(2)3)21-14(4)5)22-11-10-16-12-15(6)8-9-17(16)22/h7-9,12H,2,10-11H2,1,3-6H3/b19-18-,20-7-. The van der Waals surface area contributed by atoms with Crippen molar-refractivity contribution in [2.75, 3.05) is 11.4 Å². The lowest BCUT2D eigenvalue weighted by Crippen LogP contribution is -2.20. The van der Waals surface area contributed by atoms with Gasteiger partial charge in [0.25, 0.3) is 0 Å². The van der Waals surface area contributed by atoms with Crippen LogP contribution in [-0.2, 0) is 6.42 Å². The molecule has 0 saturated heterocycles. The summed E-state index contributed by atoms with van der Waals surface area (Å²) in [4.78, 5) is 11.5. The zero-order valence-electron chi connectivity index (χ0n) is 14.3. The van der Waals surface area contributed by atoms with Crippen molar-refractivity contribution < 1.29 is 0 Å². The molecule has 3 heteroatoms. The summed E-state index contributed by atoms with van der Waals surface area (Å²) in [5, 5.41) is 0. The first-order valence-corrected chi connectivity index (χ1v) is 7.71. The summed E-state index contributed by atoms with van der Waals surface area (Å²) in [6, 6.07) is 6.60. The van der Waals surface area contributed by atoms with Crippen LogP contribution in [0.2, 0.25) is 0 Å². The van der Waals surface area contributed by atoms with Gasteiger partial charge in [-0.25, -0.2) is 4.99 Å². The normalized spacial score (nSPS) is 14.9. The summed E-state index contributed by atoms with van der Waals surface area (Å²) in [6.07, 6.45) is 2.86. The second-order valence-electron chi connectivity index (χ2n) is 5.93. The summed E-state index contributed by atoms with van der Waals surface area (Å²) in [7, 11) is 0. The fourth-order valence-corrected chi connectivity index (χ4v) is 2.69. The Bertz CT molecular complexity index is 674. The molecule has 116 valence electrons. The average Bonchev–Trinajstić information content (AvgIpc) is 2.84. The summed E-state index contributed by atoms with van der Waals surface area (Å²) in [5.41, 5.74) is 6.71. The van der Waals surface area contributed by atoms with Crippen molar-refractivity contribution in [3.05, 3.63) is 53.0 Å². The van der Waals surface area contributed by atoms with Crippen LogP contribution in [0, 0.1) is 6.92 Å². The van der Waals surface area contributed by atoms with E-state index in [2.05, 4.69) is 46.6 Å². The minimum atomic E-state index is 0.867. The van der Waals surface area contributed by atoms with E-state index >= 15 is 0 Å². The highest BCUT2D eigenvalue weighted by Gasteiger charge is 2.24. The van der Waals surface area contributed by atoms with Crippen LogP contribution < -0.4 is 4.90 Å². The molecule has 1 heterocycles. The van der Waals surface area contributed by atoms with Gasteiger partial charge in [0.15, 0.2) is 5.82 Å². The van der Waals surface area contributed by atoms with Gasteiger partial charge in [0, 0.05) is 24.2 Å². The summed E-state index contributed by atoms with van der Waals surface area (Å²) in [5.74, 6) is 0.888. The molecule has 0 aromatic heterocycles. The fourth-order valence-electron chi connectivity index (χ4n) is 2.69. The van der Waals surface area contributed by atoms with Crippen LogP contribution in [-0.4, -0.2) is 18.5 Å². The zero-order valence-corrected chi connectivity index (χ0v) is 14.3. The molecule has 1 aromatic carbocycles. The number of nitrogens with zero attached hydrogens (tertiary/aromatic N) is 3. The highest BCUT2D eigenvalue weighted by atomic mass is 15.2. The SMILES string of the molecule is C=C(C)/C(N=C(C)C)=C(\N=C/C)N1CCc2cc(C)ccc21. The monoisotopic (exact) mass is 295 g/mol. The number of benzene rings is 1. The minimum absolute atomic E-state index is 0.867. The third-order valence-electron chi connectivity index (χ3n) is 3.59. The number of aryl methyl sites for hydroxylation is 1. The van der Waals surface area contributed by atoms with E-state index < -0.39 is 0 Å². The third-order valence-corrected chi connectivity index (χ3v) is 3.59. The van der Waals surface area contributed by atoms with Gasteiger partial charge in [-0.3, -0.25) is 4.99 Å². The van der Waals surface area contributed by atoms with Crippen LogP contribution in [0.3, 0.4) is 0 Å². The van der Waals surface area contributed by atoms with Crippen molar-refractivity contribution >= 4 is 17.6 Å². The van der Waals surface area contributed by atoms with Gasteiger partial charge in [-0.05, 0) is 58.2 Å². The van der Waals surface area contributed by atoms with E-state index in [1.165, 1.54) is 16.8 Å². The lowest BCUT2D eigenvalue weighted by molar-refractivity contribution is 0.914. The number of hydrogen-bond acceptors (Lipinski definition) is 3. The Morgan fingerprint density at radius 3 is 2.59 bits per heavy atom. The lowest BCUT2D eigenvalue weighted by atomic mass is 10.1. The van der Waals surface area contributed by atoms with Gasteiger partial charge in [0.05, 0.1) is 0 Å². The topological polar surface area (TPSA) is 28.0 Å². The Morgan fingerprint density at radius 1 is 1.27 bits per heavy atom. The van der Waals surface area contributed by atoms with E-state index in [4.69, 9.17) is 0 Å². The predicted molar refractivity (Wildman–Crippen MR) is 97.0 cm³/mol. The molecule has 1 aliphatic rings. The second kappa shape index (κ2) is 6.73. The van der Waals surface area contributed by atoms with E-state index in [1.807, 2.05) is 33.9 Å². The van der Waals surface area contributed by atoms with E-state index in [0.29, 0.717) is 0 Å². The molecule has 0 atom stereocenters. The molecule has 0 unspecified atom stereocenters. The van der Waals surface area contributed by atoms with Crippen LogP contribution in [0.4, 0.5) is 5.69 Å². The number of allylic oxidation sites excluding steroid dienone is 1. The van der Waals surface area contributed by atoms with Gasteiger partial charge in [0.2, 0.25) is 0 Å². The van der Waals surface area contributed by atoms with E-state index in [9.17, 15) is 0 Å². The molecule has 22 heavy (non-hydrogen) atoms. The van der Waals surface area contributed by atoms with Gasteiger partial charge in [-0.1, -0.05) is 24.3 Å². The maximum absolute atomic E-state index is 4.67. The molecule has 3 nitrogen and oxygen atoms in total. The van der Waals surface area contributed by atoms with Crippen LogP contribution in [0.5, 0.6) is 0 Å². The van der Waals surface area contributed by atoms with Crippen molar-refractivity contribution in [1.82, 2.24) is 0 Å². The van der Waals surface area contributed by atoms with E-state index in [0.717, 1.165) is 35.8 Å². The molecule has 2 rings (SSSR count). The van der Waals surface area contributed by atoms with Gasteiger partial charge >= 0.3 is 0 Å². The van der Waals surface area contributed by atoms with Gasteiger partial charge in [-0.2, -0.15) is 0 Å². The molecule has 0 radical (unpaired) electrons. The molecule has 0 spiro atoms. The molecule has 1 aliphatic heterocycles. The Labute approximate surface area is 133 Å². The molecular weight excluding hydrogens is 270 g/mol. The van der Waals surface area contributed by atoms with Crippen LogP contribution >= 0.6 is 0 Å². The summed E-state index contributed by atoms with van der Waals surface area (Å²) < 4.78 is 0. The Hall–Kier alpha value is -2.16. The molecule has 0 amide bonds. The summed E-state index contributed by atoms with van der Waals surface area (Å²) in [6.45, 7) is 15.1. The number of fused-ring (bicyclic) bond motifs is 1. The van der Waals surface area contributed by atoms with Gasteiger partial charge < -0.3 is 4.90 Å². The maximum atomic E-state index is 4.67. The van der Waals surface area contributed by atoms with Crippen molar-refractivity contribution in [2.24, 2.45) is 9.98 Å². The molecule has 0 aliphatic carbocycles. The predicted octanol–water partition coefficient (Wildman–Crippen LogP) is 4.67. The Balaban J connectivity index is 2.60. The molecular formula is C19H25N3. The van der Waals surface area contributed by atoms with E-state index in [-0.39, 0.29) is 0 Å². The Morgan fingerprint density at radius 2 is 2.00 bits per heavy atom. The summed E-state index contributed by atoms with van der Waals surface area (Å²) >= 11 is 0. The molecule has 0 saturated carbocycles. The molecule has 0 N–H and O–H groups in total. The first kappa shape index (κ1) is 16.2. The lowest BCUT2D eigenvalue weighted by Gasteiger charge is -2.22. The number of anilines is 1. The van der Waals surface area contributed by atoms with Gasteiger partial charge in [-0.15, -0.1) is 0 Å². The first-order valence-electron chi connectivity index (χ1n) is 7.71. The number of aliphatic imine (C=N–C) groups is 2. The van der Waals surface area contributed by atoms with E-state index in [1.54, 1.807) is 0 Å². The van der Waals surface area contributed by atoms with Crippen LogP contribution in [0.25, 0.3) is 0 Å². The highest BCUT2D eigenvalue weighted by molar-refractivity contribution is 5.81. The smallest absolute Gasteiger partial charge is 0.158 e. The quantitative estimate of drug-likeness (QED) is 0.586. The molecule has 1 aromatic rings. The van der Waals surface area contributed by atoms with Crippen molar-refractivity contribution in [3.8, 4) is 0 Å². The second-order valence-corrected chi connectivity index (χ2v) is 5.93. The first-order chi connectivity index (χ1) is 10.4. The highest BCUT2D eigenvalue weighted by Crippen LogP contribution is 2.34. The minimum Gasteiger partial charge on any atom is -0.324 e. The molecule has 0 fully saturated rings. The Kier molecular flexibility index (Phi) is 4.96. The fraction of sp³-hybridized carbons (Fsp3) is 0.368. The average molecular weight is 295 g/mol. The van der Waals surface area contributed by atoms with Crippen LogP contribution in [0.1, 0.15) is 38.8 Å². The van der Waals surface area contributed by atoms with Crippen molar-refractivity contribution in [2.45, 2.75) is 41.0 Å².